The molecule has 0 spiro atoms. The summed E-state index contributed by atoms with van der Waals surface area (Å²) >= 11 is 0. The minimum atomic E-state index is 0.143. The molecule has 0 saturated carbocycles. The molecule has 4 heteroatoms. The van der Waals surface area contributed by atoms with E-state index in [1.807, 2.05) is 12.4 Å². The third-order valence-electron chi connectivity index (χ3n) is 4.53. The summed E-state index contributed by atoms with van der Waals surface area (Å²) in [6, 6.07) is 13.0. The molecule has 0 amide bonds. The molecular weight excluding hydrogens is 271 g/mol. The SMILES string of the molecule is Bc1cncc(COCC2(c3ccccc3)CCNCC2)c1. The van der Waals surface area contributed by atoms with Crippen LogP contribution in [-0.4, -0.2) is 32.5 Å². The largest absolute Gasteiger partial charge is 0.376 e. The Labute approximate surface area is 133 Å². The van der Waals surface area contributed by atoms with Crippen molar-refractivity contribution < 1.29 is 4.74 Å². The van der Waals surface area contributed by atoms with Crippen LogP contribution >= 0.6 is 0 Å². The van der Waals surface area contributed by atoms with Crippen molar-refractivity contribution in [2.45, 2.75) is 24.9 Å². The minimum Gasteiger partial charge on any atom is -0.376 e. The first-order valence-corrected chi connectivity index (χ1v) is 8.03. The number of rotatable bonds is 5. The first-order chi connectivity index (χ1) is 10.8. The Morgan fingerprint density at radius 1 is 1.14 bits per heavy atom. The van der Waals surface area contributed by atoms with Gasteiger partial charge < -0.3 is 10.1 Å². The van der Waals surface area contributed by atoms with E-state index in [9.17, 15) is 0 Å². The van der Waals surface area contributed by atoms with Crippen LogP contribution in [0.15, 0.2) is 48.8 Å². The Hall–Kier alpha value is -1.65. The van der Waals surface area contributed by atoms with Crippen molar-refractivity contribution in [1.29, 1.82) is 0 Å². The molecule has 0 unspecified atom stereocenters. The van der Waals surface area contributed by atoms with Crippen LogP contribution in [0, 0.1) is 0 Å². The zero-order chi connectivity index (χ0) is 15.3. The maximum atomic E-state index is 6.10. The van der Waals surface area contributed by atoms with Crippen LogP contribution in [0.5, 0.6) is 0 Å². The van der Waals surface area contributed by atoms with E-state index in [1.54, 1.807) is 0 Å². The van der Waals surface area contributed by atoms with Gasteiger partial charge in [-0.1, -0.05) is 41.9 Å². The van der Waals surface area contributed by atoms with E-state index in [2.05, 4.69) is 54.5 Å². The molecule has 1 aromatic carbocycles. The van der Waals surface area contributed by atoms with Gasteiger partial charge >= 0.3 is 0 Å². The molecule has 1 fully saturated rings. The number of ether oxygens (including phenoxy) is 1. The second kappa shape index (κ2) is 7.08. The van der Waals surface area contributed by atoms with E-state index >= 15 is 0 Å². The number of nitrogens with zero attached hydrogens (tertiary/aromatic N) is 1. The second-order valence-electron chi connectivity index (χ2n) is 6.26. The summed E-state index contributed by atoms with van der Waals surface area (Å²) in [5.41, 5.74) is 3.88. The summed E-state index contributed by atoms with van der Waals surface area (Å²) in [4.78, 5) is 4.24. The van der Waals surface area contributed by atoms with Crippen molar-refractivity contribution in [3.8, 4) is 0 Å². The lowest BCUT2D eigenvalue weighted by atomic mass is 9.74. The molecule has 3 nitrogen and oxygen atoms in total. The average Bonchev–Trinajstić information content (AvgIpc) is 2.57. The van der Waals surface area contributed by atoms with E-state index < -0.39 is 0 Å². The fourth-order valence-electron chi connectivity index (χ4n) is 3.27. The average molecular weight is 294 g/mol. The number of nitrogens with one attached hydrogen (secondary N) is 1. The molecule has 114 valence electrons. The third kappa shape index (κ3) is 3.57. The molecule has 0 bridgehead atoms. The fraction of sp³-hybridized carbons (Fsp3) is 0.389. The topological polar surface area (TPSA) is 34.1 Å². The first kappa shape index (κ1) is 15.3. The summed E-state index contributed by atoms with van der Waals surface area (Å²) in [6.45, 7) is 3.53. The molecule has 0 aliphatic carbocycles. The van der Waals surface area contributed by atoms with Gasteiger partial charge in [-0.15, -0.1) is 0 Å². The molecule has 0 atom stereocenters. The van der Waals surface area contributed by atoms with Crippen molar-refractivity contribution in [1.82, 2.24) is 10.3 Å². The van der Waals surface area contributed by atoms with Gasteiger partial charge in [0.15, 0.2) is 0 Å². The van der Waals surface area contributed by atoms with Gasteiger partial charge in [-0.05, 0) is 37.1 Å². The summed E-state index contributed by atoms with van der Waals surface area (Å²) in [5, 5.41) is 3.46. The number of aromatic nitrogens is 1. The van der Waals surface area contributed by atoms with E-state index in [-0.39, 0.29) is 5.41 Å². The smallest absolute Gasteiger partial charge is 0.141 e. The van der Waals surface area contributed by atoms with Gasteiger partial charge in [0.1, 0.15) is 7.85 Å². The summed E-state index contributed by atoms with van der Waals surface area (Å²) < 4.78 is 6.10. The molecule has 22 heavy (non-hydrogen) atoms. The Morgan fingerprint density at radius 2 is 1.91 bits per heavy atom. The zero-order valence-electron chi connectivity index (χ0n) is 13.2. The summed E-state index contributed by atoms with van der Waals surface area (Å²) in [6.07, 6.45) is 6.03. The second-order valence-corrected chi connectivity index (χ2v) is 6.26. The van der Waals surface area contributed by atoms with Crippen molar-refractivity contribution in [2.24, 2.45) is 0 Å². The van der Waals surface area contributed by atoms with E-state index in [1.165, 1.54) is 11.0 Å². The van der Waals surface area contributed by atoms with Crippen LogP contribution in [0.25, 0.3) is 0 Å². The maximum Gasteiger partial charge on any atom is 0.141 e. The Bertz CT molecular complexity index is 597. The molecule has 1 aromatic heterocycles. The van der Waals surface area contributed by atoms with Gasteiger partial charge in [0.25, 0.3) is 0 Å². The zero-order valence-corrected chi connectivity index (χ0v) is 13.2. The molecule has 1 aliphatic rings. The molecule has 1 N–H and O–H groups in total. The van der Waals surface area contributed by atoms with Crippen molar-refractivity contribution in [3.05, 3.63) is 59.9 Å². The Morgan fingerprint density at radius 3 is 2.64 bits per heavy atom. The third-order valence-corrected chi connectivity index (χ3v) is 4.53. The van der Waals surface area contributed by atoms with Gasteiger partial charge in [-0.25, -0.2) is 0 Å². The number of benzene rings is 1. The highest BCUT2D eigenvalue weighted by atomic mass is 16.5. The number of hydrogen-bond donors (Lipinski definition) is 1. The Balaban J connectivity index is 1.68. The van der Waals surface area contributed by atoms with Gasteiger partial charge in [0, 0.05) is 17.8 Å². The quantitative estimate of drug-likeness (QED) is 0.841. The van der Waals surface area contributed by atoms with Crippen molar-refractivity contribution >= 4 is 13.3 Å². The first-order valence-electron chi connectivity index (χ1n) is 8.03. The molecular formula is C18H23BN2O. The lowest BCUT2D eigenvalue weighted by Gasteiger charge is -2.38. The minimum absolute atomic E-state index is 0.143. The number of hydrogen-bond acceptors (Lipinski definition) is 3. The van der Waals surface area contributed by atoms with E-state index in [0.29, 0.717) is 6.61 Å². The summed E-state index contributed by atoms with van der Waals surface area (Å²) in [7, 11) is 2.06. The van der Waals surface area contributed by atoms with Gasteiger partial charge in [0.05, 0.1) is 13.2 Å². The standard InChI is InChI=1S/C18H23BN2O/c19-17-10-15(11-21-12-17)13-22-14-18(6-8-20-9-7-18)16-4-2-1-3-5-16/h1-5,10-12,20H,6-9,13-14,19H2. The van der Waals surface area contributed by atoms with Crippen LogP contribution < -0.4 is 10.8 Å². The van der Waals surface area contributed by atoms with Crippen LogP contribution in [0.4, 0.5) is 0 Å². The van der Waals surface area contributed by atoms with Gasteiger partial charge in [-0.2, -0.15) is 0 Å². The molecule has 2 heterocycles. The highest BCUT2D eigenvalue weighted by molar-refractivity contribution is 6.32. The van der Waals surface area contributed by atoms with E-state index in [0.717, 1.165) is 38.1 Å². The monoisotopic (exact) mass is 294 g/mol. The predicted octanol–water partition coefficient (Wildman–Crippen LogP) is 1.18. The Kier molecular flexibility index (Phi) is 4.91. The summed E-state index contributed by atoms with van der Waals surface area (Å²) in [5.74, 6) is 0. The molecule has 0 radical (unpaired) electrons. The number of pyridine rings is 1. The van der Waals surface area contributed by atoms with Crippen molar-refractivity contribution in [3.63, 3.8) is 0 Å². The fourth-order valence-corrected chi connectivity index (χ4v) is 3.27. The van der Waals surface area contributed by atoms with Gasteiger partial charge in [0.2, 0.25) is 0 Å². The molecule has 2 aromatic rings. The highest BCUT2D eigenvalue weighted by Gasteiger charge is 2.34. The predicted molar refractivity (Wildman–Crippen MR) is 92.3 cm³/mol. The highest BCUT2D eigenvalue weighted by Crippen LogP contribution is 2.33. The maximum absolute atomic E-state index is 6.10. The lowest BCUT2D eigenvalue weighted by Crippen LogP contribution is -2.43. The lowest BCUT2D eigenvalue weighted by molar-refractivity contribution is 0.0564. The molecule has 1 saturated heterocycles. The molecule has 3 rings (SSSR count). The number of piperidine rings is 1. The van der Waals surface area contributed by atoms with Crippen molar-refractivity contribution in [2.75, 3.05) is 19.7 Å². The van der Waals surface area contributed by atoms with Crippen LogP contribution in [0.2, 0.25) is 0 Å². The van der Waals surface area contributed by atoms with Gasteiger partial charge in [-0.3, -0.25) is 4.98 Å². The van der Waals surface area contributed by atoms with Crippen LogP contribution in [0.1, 0.15) is 24.0 Å². The molecule has 1 aliphatic heterocycles. The van der Waals surface area contributed by atoms with Crippen LogP contribution in [0.3, 0.4) is 0 Å². The van der Waals surface area contributed by atoms with Crippen LogP contribution in [-0.2, 0) is 16.8 Å². The van der Waals surface area contributed by atoms with E-state index in [4.69, 9.17) is 4.74 Å². The normalized spacial score (nSPS) is 17.3.